The summed E-state index contributed by atoms with van der Waals surface area (Å²) in [5.74, 6) is -4.46. The summed E-state index contributed by atoms with van der Waals surface area (Å²) < 4.78 is 93.6. The number of primary amides is 1. The summed E-state index contributed by atoms with van der Waals surface area (Å²) in [7, 11) is 0. The second kappa shape index (κ2) is 14.9. The van der Waals surface area contributed by atoms with Crippen LogP contribution in [0.2, 0.25) is 0 Å². The maximum Gasteiger partial charge on any atom is 0.417 e. The summed E-state index contributed by atoms with van der Waals surface area (Å²) in [4.78, 5) is 51.4. The average Bonchev–Trinajstić information content (AvgIpc) is 2.99. The maximum atomic E-state index is 14.2. The van der Waals surface area contributed by atoms with Gasteiger partial charge >= 0.3 is 24.3 Å². The van der Waals surface area contributed by atoms with Crippen LogP contribution >= 0.6 is 0 Å². The standard InChI is InChI=1S/C32H30F6N2O6/c1-3-5-13-45-29(43)23-17-22(24(16-21(23)27(39)41)30(44)46-14-6-4-2)28(42)40-18-11-12-20(26(15-18)32(36,37)38)19-9-7-8-10-25(19)31(33,34)35/h7-12,15-17H,3-6,13-14H2,1-2H3,(H2,39,41)(H,40,42). The highest BCUT2D eigenvalue weighted by molar-refractivity contribution is 6.15. The molecule has 0 fully saturated rings. The van der Waals surface area contributed by atoms with Gasteiger partial charge in [-0.1, -0.05) is 51.0 Å². The fourth-order valence-electron chi connectivity index (χ4n) is 4.36. The second-order valence-electron chi connectivity index (χ2n) is 10.0. The fourth-order valence-corrected chi connectivity index (χ4v) is 4.36. The van der Waals surface area contributed by atoms with Crippen LogP contribution in [0.15, 0.2) is 54.6 Å². The van der Waals surface area contributed by atoms with E-state index in [0.29, 0.717) is 37.8 Å². The molecular formula is C32H30F6N2O6. The van der Waals surface area contributed by atoms with Crippen LogP contribution in [0.25, 0.3) is 11.1 Å². The van der Waals surface area contributed by atoms with Gasteiger partial charge in [0.2, 0.25) is 5.91 Å². The number of benzene rings is 3. The first-order chi connectivity index (χ1) is 21.6. The zero-order valence-corrected chi connectivity index (χ0v) is 24.7. The van der Waals surface area contributed by atoms with Gasteiger partial charge in [0, 0.05) is 5.69 Å². The zero-order chi connectivity index (χ0) is 34.2. The Labute approximate surface area is 259 Å². The van der Waals surface area contributed by atoms with E-state index in [9.17, 15) is 45.5 Å². The van der Waals surface area contributed by atoms with Crippen LogP contribution in [0.5, 0.6) is 0 Å². The van der Waals surface area contributed by atoms with Gasteiger partial charge in [0.15, 0.2) is 0 Å². The lowest BCUT2D eigenvalue weighted by atomic mass is 9.94. The van der Waals surface area contributed by atoms with Crippen molar-refractivity contribution < 1.29 is 55.0 Å². The van der Waals surface area contributed by atoms with E-state index in [1.165, 1.54) is 0 Å². The van der Waals surface area contributed by atoms with E-state index in [1.54, 1.807) is 0 Å². The van der Waals surface area contributed by atoms with E-state index in [4.69, 9.17) is 15.2 Å². The molecule has 0 saturated carbocycles. The smallest absolute Gasteiger partial charge is 0.417 e. The molecule has 0 spiro atoms. The van der Waals surface area contributed by atoms with E-state index >= 15 is 0 Å². The highest BCUT2D eigenvalue weighted by Crippen LogP contribution is 2.43. The van der Waals surface area contributed by atoms with Crippen LogP contribution in [0.1, 0.15) is 92.1 Å². The molecule has 0 aliphatic carbocycles. The predicted molar refractivity (Wildman–Crippen MR) is 155 cm³/mol. The van der Waals surface area contributed by atoms with Crippen LogP contribution in [-0.2, 0) is 21.8 Å². The van der Waals surface area contributed by atoms with Crippen molar-refractivity contribution >= 4 is 29.4 Å². The summed E-state index contributed by atoms with van der Waals surface area (Å²) in [6.07, 6.45) is -7.89. The first-order valence-corrected chi connectivity index (χ1v) is 14.1. The van der Waals surface area contributed by atoms with Gasteiger partial charge in [-0.3, -0.25) is 9.59 Å². The van der Waals surface area contributed by atoms with Crippen molar-refractivity contribution in [1.82, 2.24) is 0 Å². The number of nitrogens with one attached hydrogen (secondary N) is 1. The lowest BCUT2D eigenvalue weighted by Gasteiger charge is -2.19. The predicted octanol–water partition coefficient (Wildman–Crippen LogP) is 7.66. The molecule has 0 atom stereocenters. The molecule has 8 nitrogen and oxygen atoms in total. The van der Waals surface area contributed by atoms with Crippen LogP contribution in [-0.4, -0.2) is 37.0 Å². The molecule has 0 aromatic heterocycles. The molecule has 3 aromatic rings. The van der Waals surface area contributed by atoms with Gasteiger partial charge in [-0.25, -0.2) is 9.59 Å². The van der Waals surface area contributed by atoms with Gasteiger partial charge in [0.25, 0.3) is 5.91 Å². The number of nitrogens with two attached hydrogens (primary N) is 1. The first-order valence-electron chi connectivity index (χ1n) is 14.1. The largest absolute Gasteiger partial charge is 0.462 e. The van der Waals surface area contributed by atoms with E-state index in [1.807, 2.05) is 13.8 Å². The summed E-state index contributed by atoms with van der Waals surface area (Å²) in [6, 6.07) is 7.60. The topological polar surface area (TPSA) is 125 Å². The van der Waals surface area contributed by atoms with Crippen LogP contribution in [0, 0.1) is 0 Å². The van der Waals surface area contributed by atoms with Crippen molar-refractivity contribution in [2.75, 3.05) is 18.5 Å². The van der Waals surface area contributed by atoms with Crippen molar-refractivity contribution in [3.63, 3.8) is 0 Å². The number of anilines is 1. The molecule has 0 radical (unpaired) electrons. The van der Waals surface area contributed by atoms with Crippen molar-refractivity contribution in [3.05, 3.63) is 88.0 Å². The minimum atomic E-state index is -5.15. The van der Waals surface area contributed by atoms with E-state index in [0.717, 1.165) is 42.5 Å². The van der Waals surface area contributed by atoms with Crippen LogP contribution in [0.4, 0.5) is 32.0 Å². The molecular weight excluding hydrogens is 622 g/mol. The maximum absolute atomic E-state index is 14.2. The molecule has 3 aromatic carbocycles. The van der Waals surface area contributed by atoms with Gasteiger partial charge in [-0.15, -0.1) is 0 Å². The number of alkyl halides is 6. The molecule has 0 aliphatic rings. The summed E-state index contributed by atoms with van der Waals surface area (Å²) in [6.45, 7) is 3.54. The number of carbonyl (C=O) groups is 4. The van der Waals surface area contributed by atoms with Crippen molar-refractivity contribution in [2.45, 2.75) is 51.9 Å². The monoisotopic (exact) mass is 652 g/mol. The Balaban J connectivity index is 2.13. The number of hydrogen-bond donors (Lipinski definition) is 2. The molecule has 246 valence electrons. The number of rotatable bonds is 12. The average molecular weight is 653 g/mol. The SMILES string of the molecule is CCCCOC(=O)c1cc(C(=O)Nc2ccc(-c3ccccc3C(F)(F)F)c(C(F)(F)F)c2)c(C(=O)OCCCC)cc1C(N)=O. The Hall–Kier alpha value is -4.88. The molecule has 2 amide bonds. The fraction of sp³-hybridized carbons (Fsp3) is 0.312. The molecule has 0 heterocycles. The number of amides is 2. The van der Waals surface area contributed by atoms with Crippen molar-refractivity contribution in [3.8, 4) is 11.1 Å². The van der Waals surface area contributed by atoms with E-state index in [2.05, 4.69) is 5.32 Å². The lowest BCUT2D eigenvalue weighted by Crippen LogP contribution is -2.24. The van der Waals surface area contributed by atoms with Gasteiger partial charge in [0.05, 0.1) is 46.6 Å². The first kappa shape index (κ1) is 35.6. The lowest BCUT2D eigenvalue weighted by molar-refractivity contribution is -0.139. The Kier molecular flexibility index (Phi) is 11.6. The Bertz CT molecular complexity index is 1620. The Morgan fingerprint density at radius 2 is 1.17 bits per heavy atom. The van der Waals surface area contributed by atoms with Gasteiger partial charge in [0.1, 0.15) is 0 Å². The molecule has 14 heteroatoms. The van der Waals surface area contributed by atoms with Crippen molar-refractivity contribution in [1.29, 1.82) is 0 Å². The summed E-state index contributed by atoms with van der Waals surface area (Å²) in [5, 5.41) is 2.19. The molecule has 3 N–H and O–H groups in total. The number of halogens is 6. The van der Waals surface area contributed by atoms with Crippen LogP contribution in [0.3, 0.4) is 0 Å². The number of unbranched alkanes of at least 4 members (excludes halogenated alkanes) is 2. The Morgan fingerprint density at radius 3 is 1.70 bits per heavy atom. The molecule has 3 rings (SSSR count). The third kappa shape index (κ3) is 8.64. The van der Waals surface area contributed by atoms with Gasteiger partial charge in [-0.05, 0) is 54.3 Å². The second-order valence-corrected chi connectivity index (χ2v) is 10.0. The molecule has 0 unspecified atom stereocenters. The number of hydrogen-bond acceptors (Lipinski definition) is 6. The molecule has 0 bridgehead atoms. The van der Waals surface area contributed by atoms with Gasteiger partial charge < -0.3 is 20.5 Å². The summed E-state index contributed by atoms with van der Waals surface area (Å²) in [5.41, 5.74) is -1.39. The Morgan fingerprint density at radius 1 is 0.674 bits per heavy atom. The van der Waals surface area contributed by atoms with Gasteiger partial charge in [-0.2, -0.15) is 26.3 Å². The number of carbonyl (C=O) groups excluding carboxylic acids is 4. The minimum absolute atomic E-state index is 0.0418. The highest BCUT2D eigenvalue weighted by atomic mass is 19.4. The third-order valence-electron chi connectivity index (χ3n) is 6.68. The van der Waals surface area contributed by atoms with E-state index < -0.39 is 86.3 Å². The molecule has 0 aliphatic heterocycles. The summed E-state index contributed by atoms with van der Waals surface area (Å²) >= 11 is 0. The molecule has 46 heavy (non-hydrogen) atoms. The number of esters is 2. The minimum Gasteiger partial charge on any atom is -0.462 e. The quantitative estimate of drug-likeness (QED) is 0.118. The normalized spacial score (nSPS) is 11.6. The molecule has 0 saturated heterocycles. The number of ether oxygens (including phenoxy) is 2. The van der Waals surface area contributed by atoms with Crippen LogP contribution < -0.4 is 11.1 Å². The zero-order valence-electron chi connectivity index (χ0n) is 24.7. The highest BCUT2D eigenvalue weighted by Gasteiger charge is 2.38. The van der Waals surface area contributed by atoms with Crippen molar-refractivity contribution in [2.24, 2.45) is 5.73 Å². The third-order valence-corrected chi connectivity index (χ3v) is 6.68. The van der Waals surface area contributed by atoms with E-state index in [-0.39, 0.29) is 13.2 Å².